The summed E-state index contributed by atoms with van der Waals surface area (Å²) in [4.78, 5) is 16.7. The fraction of sp³-hybridized carbons (Fsp3) is 0.250. The van der Waals surface area contributed by atoms with Crippen molar-refractivity contribution in [3.63, 3.8) is 0 Å². The molecule has 1 aromatic heterocycles. The molecule has 1 saturated carbocycles. The van der Waals surface area contributed by atoms with E-state index in [4.69, 9.17) is 11.6 Å². The van der Waals surface area contributed by atoms with Gasteiger partial charge in [-0.15, -0.1) is 0 Å². The van der Waals surface area contributed by atoms with Gasteiger partial charge >= 0.3 is 0 Å². The van der Waals surface area contributed by atoms with Gasteiger partial charge in [0.25, 0.3) is 0 Å². The second-order valence-electron chi connectivity index (χ2n) is 5.17. The third kappa shape index (κ3) is 2.29. The van der Waals surface area contributed by atoms with Crippen molar-refractivity contribution >= 4 is 23.2 Å². The summed E-state index contributed by atoms with van der Waals surface area (Å²) in [7, 11) is 0. The van der Waals surface area contributed by atoms with Crippen LogP contribution in [0.4, 0.5) is 5.69 Å². The zero-order valence-electron chi connectivity index (χ0n) is 11.2. The maximum absolute atomic E-state index is 12.6. The van der Waals surface area contributed by atoms with Crippen molar-refractivity contribution in [1.82, 2.24) is 4.98 Å². The van der Waals surface area contributed by atoms with Crippen molar-refractivity contribution in [2.75, 3.05) is 5.32 Å². The highest BCUT2D eigenvalue weighted by atomic mass is 35.5. The van der Waals surface area contributed by atoms with E-state index in [-0.39, 0.29) is 11.3 Å². The normalized spacial score (nSPS) is 15.7. The maximum atomic E-state index is 12.6. The topological polar surface area (TPSA) is 42.0 Å². The number of carbonyl (C=O) groups excluding carboxylic acids is 1. The summed E-state index contributed by atoms with van der Waals surface area (Å²) in [5, 5.41) is 3.41. The number of pyridine rings is 1. The highest BCUT2D eigenvalue weighted by molar-refractivity contribution is 6.29. The first-order valence-electron chi connectivity index (χ1n) is 6.62. The summed E-state index contributed by atoms with van der Waals surface area (Å²) < 4.78 is 0. The Morgan fingerprint density at radius 3 is 2.50 bits per heavy atom. The van der Waals surface area contributed by atoms with Crippen molar-refractivity contribution in [2.45, 2.75) is 25.2 Å². The van der Waals surface area contributed by atoms with Gasteiger partial charge in [-0.1, -0.05) is 41.9 Å². The lowest BCUT2D eigenvalue weighted by Crippen LogP contribution is -2.28. The average Bonchev–Trinajstić information content (AvgIpc) is 3.24. The molecule has 0 unspecified atom stereocenters. The number of carbonyl (C=O) groups is 1. The number of halogens is 1. The summed E-state index contributed by atoms with van der Waals surface area (Å²) in [5.74, 6) is 0.0379. The van der Waals surface area contributed by atoms with Crippen LogP contribution in [0.25, 0.3) is 0 Å². The molecule has 0 aliphatic heterocycles. The van der Waals surface area contributed by atoms with Crippen molar-refractivity contribution in [3.8, 4) is 0 Å². The molecule has 1 N–H and O–H groups in total. The average molecular weight is 287 g/mol. The lowest BCUT2D eigenvalue weighted by atomic mass is 9.95. The molecule has 2 aromatic rings. The molecule has 1 aliphatic carbocycles. The first-order valence-corrected chi connectivity index (χ1v) is 7.00. The van der Waals surface area contributed by atoms with Crippen LogP contribution >= 0.6 is 11.6 Å². The Morgan fingerprint density at radius 1 is 1.20 bits per heavy atom. The third-order valence-electron chi connectivity index (χ3n) is 3.81. The Labute approximate surface area is 123 Å². The van der Waals surface area contributed by atoms with E-state index in [1.165, 1.54) is 0 Å². The van der Waals surface area contributed by atoms with E-state index in [0.29, 0.717) is 5.15 Å². The van der Waals surface area contributed by atoms with Gasteiger partial charge in [0.2, 0.25) is 5.91 Å². The molecule has 0 bridgehead atoms. The van der Waals surface area contributed by atoms with Gasteiger partial charge in [-0.3, -0.25) is 4.79 Å². The van der Waals surface area contributed by atoms with Gasteiger partial charge in [-0.2, -0.15) is 0 Å². The highest BCUT2D eigenvalue weighted by Gasteiger charge is 2.51. The molecule has 3 nitrogen and oxygen atoms in total. The molecule has 102 valence electrons. The fourth-order valence-corrected chi connectivity index (χ4v) is 2.62. The van der Waals surface area contributed by atoms with Crippen LogP contribution < -0.4 is 5.32 Å². The van der Waals surface area contributed by atoms with Crippen molar-refractivity contribution in [2.24, 2.45) is 0 Å². The number of hydrogen-bond donors (Lipinski definition) is 1. The van der Waals surface area contributed by atoms with Crippen LogP contribution in [0.2, 0.25) is 5.15 Å². The highest BCUT2D eigenvalue weighted by Crippen LogP contribution is 2.48. The molecule has 1 aliphatic rings. The minimum Gasteiger partial charge on any atom is -0.324 e. The molecule has 4 heteroatoms. The zero-order valence-corrected chi connectivity index (χ0v) is 11.9. The summed E-state index contributed by atoms with van der Waals surface area (Å²) in [6.45, 7) is 1.84. The monoisotopic (exact) mass is 286 g/mol. The number of aromatic nitrogens is 1. The quantitative estimate of drug-likeness (QED) is 0.874. The largest absolute Gasteiger partial charge is 0.324 e. The number of nitrogens with one attached hydrogen (secondary N) is 1. The van der Waals surface area contributed by atoms with Gasteiger partial charge in [-0.05, 0) is 37.5 Å². The van der Waals surface area contributed by atoms with Gasteiger partial charge in [-0.25, -0.2) is 4.98 Å². The second-order valence-corrected chi connectivity index (χ2v) is 5.56. The van der Waals surface area contributed by atoms with E-state index in [0.717, 1.165) is 29.8 Å². The number of aryl methyl sites for hydroxylation is 1. The van der Waals surface area contributed by atoms with E-state index in [2.05, 4.69) is 10.3 Å². The van der Waals surface area contributed by atoms with Crippen LogP contribution in [0.5, 0.6) is 0 Å². The van der Waals surface area contributed by atoms with Gasteiger partial charge in [0, 0.05) is 0 Å². The van der Waals surface area contributed by atoms with Crippen LogP contribution in [0.15, 0.2) is 42.5 Å². The first kappa shape index (κ1) is 13.1. The van der Waals surface area contributed by atoms with E-state index in [1.54, 1.807) is 12.1 Å². The van der Waals surface area contributed by atoms with Gasteiger partial charge in [0.15, 0.2) is 0 Å². The van der Waals surface area contributed by atoms with E-state index in [9.17, 15) is 4.79 Å². The van der Waals surface area contributed by atoms with Crippen LogP contribution in [-0.4, -0.2) is 10.9 Å². The Balaban J connectivity index is 1.83. The summed E-state index contributed by atoms with van der Waals surface area (Å²) >= 11 is 5.83. The van der Waals surface area contributed by atoms with Gasteiger partial charge < -0.3 is 5.32 Å². The zero-order chi connectivity index (χ0) is 14.2. The van der Waals surface area contributed by atoms with Gasteiger partial charge in [0.1, 0.15) is 5.15 Å². The SMILES string of the molecule is Cc1nc(Cl)ccc1NC(=O)C1(c2ccccc2)CC1. The van der Waals surface area contributed by atoms with E-state index >= 15 is 0 Å². The Bertz CT molecular complexity index is 651. The molecule has 1 amide bonds. The summed E-state index contributed by atoms with van der Waals surface area (Å²) in [6, 6.07) is 13.4. The predicted octanol–water partition coefficient (Wildman–Crippen LogP) is 3.71. The molecule has 1 aromatic carbocycles. The first-order chi connectivity index (χ1) is 9.62. The minimum absolute atomic E-state index is 0.0379. The number of hydrogen-bond acceptors (Lipinski definition) is 2. The van der Waals surface area contributed by atoms with Crippen LogP contribution in [0.1, 0.15) is 24.1 Å². The Morgan fingerprint density at radius 2 is 1.90 bits per heavy atom. The molecule has 1 fully saturated rings. The second kappa shape index (κ2) is 4.91. The Hall–Kier alpha value is -1.87. The smallest absolute Gasteiger partial charge is 0.235 e. The Kier molecular flexibility index (Phi) is 3.22. The number of rotatable bonds is 3. The van der Waals surface area contributed by atoms with Crippen molar-refractivity contribution in [1.29, 1.82) is 0 Å². The number of anilines is 1. The molecule has 3 rings (SSSR count). The van der Waals surface area contributed by atoms with Crippen LogP contribution in [-0.2, 0) is 10.2 Å². The van der Waals surface area contributed by atoms with Crippen molar-refractivity contribution in [3.05, 3.63) is 58.9 Å². The van der Waals surface area contributed by atoms with Crippen molar-refractivity contribution < 1.29 is 4.79 Å². The fourth-order valence-electron chi connectivity index (χ4n) is 2.43. The standard InChI is InChI=1S/C16H15ClN2O/c1-11-13(7-8-14(17)18-11)19-15(20)16(9-10-16)12-5-3-2-4-6-12/h2-8H,9-10H2,1H3,(H,19,20). The van der Waals surface area contributed by atoms with Crippen LogP contribution in [0.3, 0.4) is 0 Å². The van der Waals surface area contributed by atoms with E-state index in [1.807, 2.05) is 37.3 Å². The lowest BCUT2D eigenvalue weighted by molar-refractivity contribution is -0.118. The third-order valence-corrected chi connectivity index (χ3v) is 4.02. The van der Waals surface area contributed by atoms with Gasteiger partial charge in [0.05, 0.1) is 16.8 Å². The summed E-state index contributed by atoms with van der Waals surface area (Å²) in [6.07, 6.45) is 1.78. The molecular weight excluding hydrogens is 272 g/mol. The van der Waals surface area contributed by atoms with E-state index < -0.39 is 0 Å². The summed E-state index contributed by atoms with van der Waals surface area (Å²) in [5.41, 5.74) is 2.17. The molecular formula is C16H15ClN2O. The molecule has 0 spiro atoms. The maximum Gasteiger partial charge on any atom is 0.235 e. The molecule has 20 heavy (non-hydrogen) atoms. The molecule has 1 heterocycles. The lowest BCUT2D eigenvalue weighted by Gasteiger charge is -2.16. The number of benzene rings is 1. The predicted molar refractivity (Wildman–Crippen MR) is 80.0 cm³/mol. The number of amides is 1. The van der Waals surface area contributed by atoms with Crippen LogP contribution in [0, 0.1) is 6.92 Å². The molecule has 0 radical (unpaired) electrons. The molecule has 0 saturated heterocycles. The minimum atomic E-state index is -0.368. The number of nitrogens with zero attached hydrogens (tertiary/aromatic N) is 1. The molecule has 0 atom stereocenters.